The largest absolute Gasteiger partial charge is 0.299 e. The maximum Gasteiger partial charge on any atom is 0.185 e. The van der Waals surface area contributed by atoms with E-state index < -0.39 is 0 Å². The van der Waals surface area contributed by atoms with Crippen LogP contribution in [0.1, 0.15) is 65.2 Å². The zero-order valence-electron chi connectivity index (χ0n) is 15.8. The molecule has 0 spiro atoms. The van der Waals surface area contributed by atoms with Crippen molar-refractivity contribution < 1.29 is 14.4 Å². The first-order valence-corrected chi connectivity index (χ1v) is 11.0. The van der Waals surface area contributed by atoms with Gasteiger partial charge in [0.15, 0.2) is 10.9 Å². The molecule has 0 saturated heterocycles. The summed E-state index contributed by atoms with van der Waals surface area (Å²) in [6, 6.07) is 0. The first kappa shape index (κ1) is 18.2. The summed E-state index contributed by atoms with van der Waals surface area (Å²) in [5, 5.41) is 0.165. The molecule has 0 aromatic rings. The van der Waals surface area contributed by atoms with Crippen LogP contribution in [0.3, 0.4) is 0 Å². The summed E-state index contributed by atoms with van der Waals surface area (Å²) in [5.41, 5.74) is 2.60. The lowest BCUT2D eigenvalue weighted by Gasteiger charge is -2.53. The fourth-order valence-corrected chi connectivity index (χ4v) is 7.00. The van der Waals surface area contributed by atoms with Crippen LogP contribution in [0, 0.1) is 22.7 Å². The van der Waals surface area contributed by atoms with Gasteiger partial charge in [-0.2, -0.15) is 0 Å². The van der Waals surface area contributed by atoms with E-state index in [2.05, 4.69) is 13.0 Å². The molecule has 3 nitrogen and oxygen atoms in total. The normalized spacial score (nSPS) is 38.8. The Kier molecular flexibility index (Phi) is 4.53. The highest BCUT2D eigenvalue weighted by Gasteiger charge is 2.56. The Morgan fingerprint density at radius 3 is 2.81 bits per heavy atom. The third kappa shape index (κ3) is 2.67. The molecule has 0 heterocycles. The van der Waals surface area contributed by atoms with Gasteiger partial charge >= 0.3 is 0 Å². The fourth-order valence-electron chi connectivity index (χ4n) is 6.26. The van der Waals surface area contributed by atoms with Crippen LogP contribution < -0.4 is 0 Å². The van der Waals surface area contributed by atoms with Crippen molar-refractivity contribution in [3.05, 3.63) is 23.3 Å². The fraction of sp³-hybridized carbons (Fsp3) is 0.682. The summed E-state index contributed by atoms with van der Waals surface area (Å²) < 4.78 is 0. The lowest BCUT2D eigenvalue weighted by Crippen LogP contribution is -2.46. The molecule has 4 atom stereocenters. The zero-order chi connectivity index (χ0) is 18.5. The highest BCUT2D eigenvalue weighted by atomic mass is 32.2. The van der Waals surface area contributed by atoms with Crippen LogP contribution in [0.5, 0.6) is 0 Å². The standard InChI is InChI=1S/C22H28O3S/c1-14(23)26-12-11-22-10-7-16(24)13-15(22)3-4-17-18-5-6-20(25)21(18,2)9-8-19(17)22/h8,13,17-18H,3-7,9-12H2,1-2H3/t17-,18-,21-,22+/m0/s1. The third-order valence-corrected chi connectivity index (χ3v) is 8.44. The predicted molar refractivity (Wildman–Crippen MR) is 104 cm³/mol. The highest BCUT2D eigenvalue weighted by Crippen LogP contribution is 2.63. The Morgan fingerprint density at radius 2 is 2.04 bits per heavy atom. The van der Waals surface area contributed by atoms with Gasteiger partial charge in [0.05, 0.1) is 0 Å². The predicted octanol–water partition coefficient (Wildman–Crippen LogP) is 4.66. The van der Waals surface area contributed by atoms with Crippen LogP contribution in [-0.4, -0.2) is 22.4 Å². The summed E-state index contributed by atoms with van der Waals surface area (Å²) in [6.45, 7) is 3.80. The lowest BCUT2D eigenvalue weighted by atomic mass is 9.50. The maximum absolute atomic E-state index is 12.5. The number of rotatable bonds is 3. The van der Waals surface area contributed by atoms with Gasteiger partial charge in [0.1, 0.15) is 5.78 Å². The van der Waals surface area contributed by atoms with Crippen LogP contribution in [0.2, 0.25) is 0 Å². The molecule has 26 heavy (non-hydrogen) atoms. The molecular weight excluding hydrogens is 344 g/mol. The molecule has 4 rings (SSSR count). The maximum atomic E-state index is 12.5. The van der Waals surface area contributed by atoms with Gasteiger partial charge in [-0.25, -0.2) is 0 Å². The molecule has 0 unspecified atom stereocenters. The van der Waals surface area contributed by atoms with Crippen molar-refractivity contribution in [3.63, 3.8) is 0 Å². The second-order valence-electron chi connectivity index (χ2n) is 8.80. The van der Waals surface area contributed by atoms with Crippen molar-refractivity contribution in [2.45, 2.75) is 65.2 Å². The Labute approximate surface area is 160 Å². The molecular formula is C22H28O3S. The second-order valence-corrected chi connectivity index (χ2v) is 10.1. The molecule has 0 aromatic carbocycles. The van der Waals surface area contributed by atoms with E-state index in [4.69, 9.17) is 0 Å². The van der Waals surface area contributed by atoms with Gasteiger partial charge in [-0.05, 0) is 56.4 Å². The minimum atomic E-state index is -0.171. The third-order valence-electron chi connectivity index (χ3n) is 7.63. The van der Waals surface area contributed by atoms with Crippen LogP contribution in [0.15, 0.2) is 23.3 Å². The summed E-state index contributed by atoms with van der Waals surface area (Å²) in [6.07, 6.45) is 11.4. The molecule has 0 radical (unpaired) electrons. The minimum Gasteiger partial charge on any atom is -0.299 e. The molecule has 0 amide bonds. The van der Waals surface area contributed by atoms with Crippen molar-refractivity contribution >= 4 is 28.4 Å². The quantitative estimate of drug-likeness (QED) is 0.676. The molecule has 2 saturated carbocycles. The van der Waals surface area contributed by atoms with Crippen molar-refractivity contribution in [1.82, 2.24) is 0 Å². The Hall–Kier alpha value is -1.16. The molecule has 4 heteroatoms. The average molecular weight is 373 g/mol. The van der Waals surface area contributed by atoms with E-state index >= 15 is 0 Å². The molecule has 0 aliphatic heterocycles. The molecule has 0 bridgehead atoms. The Morgan fingerprint density at radius 1 is 1.23 bits per heavy atom. The minimum absolute atomic E-state index is 0.0355. The van der Waals surface area contributed by atoms with E-state index in [1.165, 1.54) is 22.9 Å². The molecule has 4 aliphatic rings. The van der Waals surface area contributed by atoms with Crippen molar-refractivity contribution in [1.29, 1.82) is 0 Å². The summed E-state index contributed by atoms with van der Waals surface area (Å²) in [7, 11) is 0. The first-order chi connectivity index (χ1) is 12.4. The number of allylic oxidation sites excluding steroid dienone is 4. The zero-order valence-corrected chi connectivity index (χ0v) is 16.6. The van der Waals surface area contributed by atoms with Crippen LogP contribution in [0.4, 0.5) is 0 Å². The van der Waals surface area contributed by atoms with Gasteiger partial charge in [0.2, 0.25) is 0 Å². The molecule has 2 fully saturated rings. The van der Waals surface area contributed by atoms with E-state index in [9.17, 15) is 14.4 Å². The van der Waals surface area contributed by atoms with Crippen molar-refractivity contribution in [2.75, 3.05) is 5.75 Å². The number of thioether (sulfide) groups is 1. The number of Topliss-reactive ketones (excluding diaryl/α,β-unsaturated/α-hetero) is 1. The first-order valence-electron chi connectivity index (χ1n) is 9.98. The number of carbonyl (C=O) groups excluding carboxylic acids is 3. The van der Waals surface area contributed by atoms with Crippen LogP contribution in [0.25, 0.3) is 0 Å². The number of hydrogen-bond acceptors (Lipinski definition) is 4. The van der Waals surface area contributed by atoms with Crippen LogP contribution >= 0.6 is 11.8 Å². The molecule has 0 aromatic heterocycles. The summed E-state index contributed by atoms with van der Waals surface area (Å²) in [5.74, 6) is 2.45. The second kappa shape index (κ2) is 6.47. The van der Waals surface area contributed by atoms with Gasteiger partial charge in [0, 0.05) is 36.3 Å². The number of carbonyl (C=O) groups is 3. The number of hydrogen-bond donors (Lipinski definition) is 0. The Bertz CT molecular complexity index is 734. The lowest BCUT2D eigenvalue weighted by molar-refractivity contribution is -0.127. The highest BCUT2D eigenvalue weighted by molar-refractivity contribution is 8.13. The number of fused-ring (bicyclic) bond motifs is 5. The van der Waals surface area contributed by atoms with Gasteiger partial charge in [0.25, 0.3) is 0 Å². The van der Waals surface area contributed by atoms with Gasteiger partial charge in [-0.3, -0.25) is 14.4 Å². The average Bonchev–Trinajstić information content (AvgIpc) is 2.90. The molecule has 0 N–H and O–H groups in total. The SMILES string of the molecule is CC(=O)SCC[C@]12CCC(=O)C=C1CC[C@@H]1C2=CC[C@]2(C)C(=O)CC[C@@H]12. The van der Waals surface area contributed by atoms with Gasteiger partial charge in [-0.15, -0.1) is 0 Å². The molecule has 4 aliphatic carbocycles. The van der Waals surface area contributed by atoms with Gasteiger partial charge in [-0.1, -0.05) is 35.9 Å². The van der Waals surface area contributed by atoms with E-state index in [1.807, 2.05) is 6.08 Å². The molecule has 140 valence electrons. The van der Waals surface area contributed by atoms with E-state index in [0.717, 1.165) is 50.7 Å². The smallest absolute Gasteiger partial charge is 0.185 e. The van der Waals surface area contributed by atoms with Crippen molar-refractivity contribution in [2.24, 2.45) is 22.7 Å². The number of ketones is 2. The summed E-state index contributed by atoms with van der Waals surface area (Å²) >= 11 is 1.40. The van der Waals surface area contributed by atoms with Gasteiger partial charge < -0.3 is 0 Å². The van der Waals surface area contributed by atoms with E-state index in [-0.39, 0.29) is 21.7 Å². The monoisotopic (exact) mass is 372 g/mol. The topological polar surface area (TPSA) is 51.2 Å². The van der Waals surface area contributed by atoms with E-state index in [1.54, 1.807) is 6.92 Å². The van der Waals surface area contributed by atoms with Crippen molar-refractivity contribution in [3.8, 4) is 0 Å². The Balaban J connectivity index is 1.72. The van der Waals surface area contributed by atoms with E-state index in [0.29, 0.717) is 24.0 Å². The van der Waals surface area contributed by atoms with Crippen LogP contribution in [-0.2, 0) is 14.4 Å². The summed E-state index contributed by atoms with van der Waals surface area (Å²) in [4.78, 5) is 36.1.